The lowest BCUT2D eigenvalue weighted by Crippen LogP contribution is -2.38. The van der Waals surface area contributed by atoms with Gasteiger partial charge in [0.15, 0.2) is 12.4 Å². The number of fused-ring (bicyclic) bond motifs is 2. The third-order valence-corrected chi connectivity index (χ3v) is 7.96. The number of amides is 1. The summed E-state index contributed by atoms with van der Waals surface area (Å²) in [4.78, 5) is 58.1. The molecular weight excluding hydrogens is 482 g/mol. The number of benzene rings is 1. The highest BCUT2D eigenvalue weighted by atomic mass is 32.1. The Balaban J connectivity index is 1.40. The molecule has 1 aliphatic heterocycles. The molecule has 9 nitrogen and oxygen atoms in total. The topological polar surface area (TPSA) is 108 Å². The van der Waals surface area contributed by atoms with Crippen molar-refractivity contribution < 1.29 is 23.9 Å². The Hall–Kier alpha value is -3.53. The highest BCUT2D eigenvalue weighted by molar-refractivity contribution is 7.20. The number of likely N-dealkylation sites (N-methyl/N-ethyl adjacent to an activating group) is 1. The maximum absolute atomic E-state index is 13.3. The lowest BCUT2D eigenvalue weighted by molar-refractivity contribution is -0.121. The van der Waals surface area contributed by atoms with E-state index in [-0.39, 0.29) is 36.5 Å². The zero-order chi connectivity index (χ0) is 25.4. The summed E-state index contributed by atoms with van der Waals surface area (Å²) in [5.74, 6) is -0.364. The summed E-state index contributed by atoms with van der Waals surface area (Å²) in [5, 5.41) is 0.326. The van der Waals surface area contributed by atoms with Gasteiger partial charge in [0.2, 0.25) is 0 Å². The Morgan fingerprint density at radius 3 is 2.72 bits per heavy atom. The highest BCUT2D eigenvalue weighted by Gasteiger charge is 2.27. The molecule has 0 atom stereocenters. The van der Waals surface area contributed by atoms with Crippen LogP contribution in [0.3, 0.4) is 0 Å². The number of thiophene rings is 1. The number of anilines is 1. The number of ketones is 1. The first-order chi connectivity index (χ1) is 17.4. The molecule has 0 saturated heterocycles. The summed E-state index contributed by atoms with van der Waals surface area (Å²) in [7, 11) is 0. The summed E-state index contributed by atoms with van der Waals surface area (Å²) in [6.45, 7) is 3.76. The molecule has 1 aliphatic carbocycles. The van der Waals surface area contributed by atoms with E-state index < -0.39 is 5.97 Å². The van der Waals surface area contributed by atoms with Crippen molar-refractivity contribution in [3.8, 4) is 5.75 Å². The van der Waals surface area contributed by atoms with Gasteiger partial charge in [0.05, 0.1) is 23.9 Å². The van der Waals surface area contributed by atoms with Crippen molar-refractivity contribution in [3.63, 3.8) is 0 Å². The number of carbonyl (C=O) groups excluding carboxylic acids is 3. The average molecular weight is 510 g/mol. The van der Waals surface area contributed by atoms with Gasteiger partial charge >= 0.3 is 5.97 Å². The van der Waals surface area contributed by atoms with Gasteiger partial charge in [-0.15, -0.1) is 11.3 Å². The van der Waals surface area contributed by atoms with Crippen LogP contribution in [0.1, 0.15) is 64.6 Å². The van der Waals surface area contributed by atoms with Crippen LogP contribution in [-0.2, 0) is 16.1 Å². The van der Waals surface area contributed by atoms with Gasteiger partial charge in [0, 0.05) is 12.1 Å². The number of aryl methyl sites for hydroxylation is 1. The van der Waals surface area contributed by atoms with Gasteiger partial charge < -0.3 is 14.4 Å². The van der Waals surface area contributed by atoms with Crippen LogP contribution in [0.5, 0.6) is 5.75 Å². The van der Waals surface area contributed by atoms with E-state index in [1.165, 1.54) is 10.9 Å². The summed E-state index contributed by atoms with van der Waals surface area (Å²) < 4.78 is 12.4. The number of hydrogen-bond acceptors (Lipinski definition) is 8. The summed E-state index contributed by atoms with van der Waals surface area (Å²) in [5.41, 5.74) is 1.04. The van der Waals surface area contributed by atoms with Crippen LogP contribution in [0.2, 0.25) is 0 Å². The maximum atomic E-state index is 13.3. The Morgan fingerprint density at radius 2 is 1.97 bits per heavy atom. The molecule has 1 saturated carbocycles. The van der Waals surface area contributed by atoms with Crippen LogP contribution in [0.25, 0.3) is 10.2 Å². The molecule has 1 aromatic carbocycles. The molecule has 2 aliphatic rings. The minimum Gasteiger partial charge on any atom is -0.482 e. The second kappa shape index (κ2) is 9.85. The molecule has 0 unspecified atom stereocenters. The molecule has 3 heterocycles. The molecule has 2 aromatic heterocycles. The third-order valence-electron chi connectivity index (χ3n) is 6.78. The van der Waals surface area contributed by atoms with E-state index in [0.29, 0.717) is 44.2 Å². The van der Waals surface area contributed by atoms with Crippen molar-refractivity contribution in [2.45, 2.75) is 58.6 Å². The molecule has 10 heteroatoms. The Labute approximate surface area is 211 Å². The standard InChI is InChI=1S/C26H27N3O6S/c1-3-29-18-11-16(9-10-20(18)34-13-21(29)31)19(30)12-28-14-27-24-22(25(28)32)15(2)23(36-24)26(33)35-17-7-5-4-6-8-17/h9-11,14,17H,3-8,12-13H2,1-2H3. The predicted molar refractivity (Wildman–Crippen MR) is 135 cm³/mol. The summed E-state index contributed by atoms with van der Waals surface area (Å²) >= 11 is 1.14. The molecule has 3 aromatic rings. The van der Waals surface area contributed by atoms with Gasteiger partial charge in [-0.25, -0.2) is 9.78 Å². The van der Waals surface area contributed by atoms with Gasteiger partial charge in [-0.2, -0.15) is 0 Å². The first kappa shape index (κ1) is 24.2. The van der Waals surface area contributed by atoms with Crippen LogP contribution >= 0.6 is 11.3 Å². The number of carbonyl (C=O) groups is 3. The van der Waals surface area contributed by atoms with E-state index in [9.17, 15) is 19.2 Å². The van der Waals surface area contributed by atoms with Crippen molar-refractivity contribution in [1.29, 1.82) is 0 Å². The van der Waals surface area contributed by atoms with Crippen LogP contribution in [0.4, 0.5) is 5.69 Å². The lowest BCUT2D eigenvalue weighted by Gasteiger charge is -2.28. The van der Waals surface area contributed by atoms with E-state index in [1.54, 1.807) is 30.0 Å². The average Bonchev–Trinajstić information content (AvgIpc) is 3.23. The number of hydrogen-bond donors (Lipinski definition) is 0. The normalized spacial score (nSPS) is 16.1. The van der Waals surface area contributed by atoms with Crippen molar-refractivity contribution >= 4 is 44.9 Å². The fourth-order valence-electron chi connectivity index (χ4n) is 4.82. The van der Waals surface area contributed by atoms with Crippen LogP contribution in [-0.4, -0.2) is 46.5 Å². The number of esters is 1. The van der Waals surface area contributed by atoms with Crippen molar-refractivity contribution in [2.24, 2.45) is 0 Å². The Morgan fingerprint density at radius 1 is 1.19 bits per heavy atom. The SMILES string of the molecule is CCN1C(=O)COc2ccc(C(=O)Cn3cnc4sc(C(=O)OC5CCCCC5)c(C)c4c3=O)cc21. The molecule has 0 spiro atoms. The lowest BCUT2D eigenvalue weighted by atomic mass is 9.98. The number of rotatable bonds is 6. The highest BCUT2D eigenvalue weighted by Crippen LogP contribution is 2.33. The van der Waals surface area contributed by atoms with Gasteiger partial charge in [-0.05, 0) is 63.3 Å². The first-order valence-corrected chi connectivity index (χ1v) is 13.0. The molecule has 36 heavy (non-hydrogen) atoms. The van der Waals surface area contributed by atoms with E-state index in [0.717, 1.165) is 43.4 Å². The smallest absolute Gasteiger partial charge is 0.348 e. The van der Waals surface area contributed by atoms with E-state index in [2.05, 4.69) is 4.98 Å². The molecule has 1 amide bonds. The van der Waals surface area contributed by atoms with Crippen LogP contribution in [0, 0.1) is 6.92 Å². The fourth-order valence-corrected chi connectivity index (χ4v) is 5.84. The minimum absolute atomic E-state index is 0.0363. The molecule has 0 N–H and O–H groups in total. The predicted octanol–water partition coefficient (Wildman–Crippen LogP) is 3.88. The van der Waals surface area contributed by atoms with Crippen molar-refractivity contribution in [2.75, 3.05) is 18.1 Å². The second-order valence-corrected chi connectivity index (χ2v) is 10.1. The molecule has 0 radical (unpaired) electrons. The molecule has 188 valence electrons. The summed E-state index contributed by atoms with van der Waals surface area (Å²) in [6, 6.07) is 4.90. The number of Topliss-reactive ketones (excluding diaryl/α,β-unsaturated/α-hetero) is 1. The second-order valence-electron chi connectivity index (χ2n) is 9.11. The number of aromatic nitrogens is 2. The quantitative estimate of drug-likeness (QED) is 0.366. The third kappa shape index (κ3) is 4.41. The molecule has 5 rings (SSSR count). The van der Waals surface area contributed by atoms with Gasteiger partial charge in [-0.1, -0.05) is 6.42 Å². The van der Waals surface area contributed by atoms with Gasteiger partial charge in [0.1, 0.15) is 21.6 Å². The zero-order valence-corrected chi connectivity index (χ0v) is 21.1. The van der Waals surface area contributed by atoms with Gasteiger partial charge in [0.25, 0.3) is 11.5 Å². The van der Waals surface area contributed by atoms with E-state index in [1.807, 2.05) is 6.92 Å². The number of ether oxygens (including phenoxy) is 2. The molecular formula is C26H27N3O6S. The van der Waals surface area contributed by atoms with Crippen molar-refractivity contribution in [1.82, 2.24) is 9.55 Å². The Bertz CT molecular complexity index is 1420. The zero-order valence-electron chi connectivity index (χ0n) is 20.2. The first-order valence-electron chi connectivity index (χ1n) is 12.2. The van der Waals surface area contributed by atoms with Crippen LogP contribution < -0.4 is 15.2 Å². The molecule has 1 fully saturated rings. The van der Waals surface area contributed by atoms with E-state index >= 15 is 0 Å². The fraction of sp³-hybridized carbons (Fsp3) is 0.423. The monoisotopic (exact) mass is 509 g/mol. The largest absolute Gasteiger partial charge is 0.482 e. The van der Waals surface area contributed by atoms with E-state index in [4.69, 9.17) is 9.47 Å². The molecule has 0 bridgehead atoms. The minimum atomic E-state index is -0.421. The summed E-state index contributed by atoms with van der Waals surface area (Å²) in [6.07, 6.45) is 6.23. The number of nitrogens with zero attached hydrogens (tertiary/aromatic N) is 3. The maximum Gasteiger partial charge on any atom is 0.348 e. The Kier molecular flexibility index (Phi) is 6.61. The van der Waals surface area contributed by atoms with Gasteiger partial charge in [-0.3, -0.25) is 19.0 Å². The van der Waals surface area contributed by atoms with Crippen molar-refractivity contribution in [3.05, 3.63) is 50.9 Å². The van der Waals surface area contributed by atoms with Crippen LogP contribution in [0.15, 0.2) is 29.3 Å².